The zero-order valence-electron chi connectivity index (χ0n) is 11.4. The van der Waals surface area contributed by atoms with Gasteiger partial charge in [-0.25, -0.2) is 0 Å². The Morgan fingerprint density at radius 3 is 2.72 bits per heavy atom. The quantitative estimate of drug-likeness (QED) is 0.883. The van der Waals surface area contributed by atoms with Gasteiger partial charge < -0.3 is 5.11 Å². The van der Waals surface area contributed by atoms with Crippen molar-refractivity contribution in [1.82, 2.24) is 4.90 Å². The first-order chi connectivity index (χ1) is 8.75. The number of nitrogens with zero attached hydrogens (tertiary/aromatic N) is 1. The Bertz CT molecular complexity index is 336. The minimum atomic E-state index is -0.189. The molecule has 0 amide bonds. The molecule has 1 aromatic rings. The van der Waals surface area contributed by atoms with Crippen molar-refractivity contribution in [1.29, 1.82) is 0 Å². The molecule has 1 fully saturated rings. The monoisotopic (exact) mass is 247 g/mol. The summed E-state index contributed by atoms with van der Waals surface area (Å²) < 4.78 is 0. The molecular weight excluding hydrogens is 222 g/mol. The number of benzene rings is 1. The van der Waals surface area contributed by atoms with Crippen LogP contribution in [0.2, 0.25) is 0 Å². The molecule has 1 saturated heterocycles. The van der Waals surface area contributed by atoms with Gasteiger partial charge in [0.25, 0.3) is 0 Å². The number of likely N-dealkylation sites (tertiary alicyclic amines) is 1. The maximum Gasteiger partial charge on any atom is 0.0527 e. The summed E-state index contributed by atoms with van der Waals surface area (Å²) in [6.07, 6.45) is 5.89. The Morgan fingerprint density at radius 1 is 1.22 bits per heavy atom. The summed E-state index contributed by atoms with van der Waals surface area (Å²) in [7, 11) is 0. The van der Waals surface area contributed by atoms with Gasteiger partial charge in [-0.2, -0.15) is 0 Å². The molecule has 0 aromatic heterocycles. The van der Waals surface area contributed by atoms with Crippen LogP contribution in [0.15, 0.2) is 30.3 Å². The van der Waals surface area contributed by atoms with Crippen molar-refractivity contribution in [2.24, 2.45) is 0 Å². The first-order valence-corrected chi connectivity index (χ1v) is 7.22. The number of aliphatic hydroxyl groups is 1. The minimum absolute atomic E-state index is 0.189. The lowest BCUT2D eigenvalue weighted by molar-refractivity contribution is 0.108. The molecule has 1 N–H and O–H groups in total. The van der Waals surface area contributed by atoms with Gasteiger partial charge in [0.05, 0.1) is 6.10 Å². The third-order valence-corrected chi connectivity index (χ3v) is 3.84. The standard InChI is InChI=1S/C16H25NO/c1-14(18)12-16-10-6-3-7-11-17(16)13-15-8-4-2-5-9-15/h2,4-5,8-9,14,16,18H,3,6-7,10-13H2,1H3. The summed E-state index contributed by atoms with van der Waals surface area (Å²) in [6.45, 7) is 4.11. The van der Waals surface area contributed by atoms with Gasteiger partial charge in [0, 0.05) is 12.6 Å². The number of aliphatic hydroxyl groups excluding tert-OH is 1. The third kappa shape index (κ3) is 4.11. The molecule has 1 aliphatic rings. The van der Waals surface area contributed by atoms with E-state index in [1.54, 1.807) is 0 Å². The summed E-state index contributed by atoms with van der Waals surface area (Å²) in [5, 5.41) is 9.65. The molecule has 1 aliphatic heterocycles. The number of hydrogen-bond donors (Lipinski definition) is 1. The van der Waals surface area contributed by atoms with Gasteiger partial charge >= 0.3 is 0 Å². The molecule has 0 radical (unpaired) electrons. The molecule has 1 aromatic carbocycles. The van der Waals surface area contributed by atoms with Crippen LogP contribution >= 0.6 is 0 Å². The Balaban J connectivity index is 2.01. The maximum atomic E-state index is 9.65. The van der Waals surface area contributed by atoms with Crippen LogP contribution in [0.4, 0.5) is 0 Å². The fourth-order valence-electron chi connectivity index (χ4n) is 2.92. The van der Waals surface area contributed by atoms with Crippen molar-refractivity contribution >= 4 is 0 Å². The lowest BCUT2D eigenvalue weighted by atomic mass is 10.0. The van der Waals surface area contributed by atoms with Crippen LogP contribution in [0, 0.1) is 0 Å². The highest BCUT2D eigenvalue weighted by molar-refractivity contribution is 5.14. The first kappa shape index (κ1) is 13.6. The van der Waals surface area contributed by atoms with Crippen molar-refractivity contribution in [3.05, 3.63) is 35.9 Å². The van der Waals surface area contributed by atoms with Gasteiger partial charge in [0.2, 0.25) is 0 Å². The topological polar surface area (TPSA) is 23.5 Å². The number of rotatable bonds is 4. The Kier molecular flexibility index (Phi) is 5.21. The van der Waals surface area contributed by atoms with E-state index in [9.17, 15) is 5.11 Å². The van der Waals surface area contributed by atoms with E-state index in [1.807, 2.05) is 6.92 Å². The Morgan fingerprint density at radius 2 is 2.00 bits per heavy atom. The van der Waals surface area contributed by atoms with Gasteiger partial charge in [-0.05, 0) is 38.3 Å². The predicted molar refractivity (Wildman–Crippen MR) is 75.4 cm³/mol. The van der Waals surface area contributed by atoms with Crippen LogP contribution in [0.25, 0.3) is 0 Å². The summed E-state index contributed by atoms with van der Waals surface area (Å²) in [5.74, 6) is 0. The molecule has 1 heterocycles. The van der Waals surface area contributed by atoms with Crippen LogP contribution in [-0.4, -0.2) is 28.7 Å². The smallest absolute Gasteiger partial charge is 0.0527 e. The van der Waals surface area contributed by atoms with Crippen LogP contribution in [0.3, 0.4) is 0 Å². The average molecular weight is 247 g/mol. The zero-order valence-corrected chi connectivity index (χ0v) is 11.4. The average Bonchev–Trinajstić information content (AvgIpc) is 2.56. The summed E-state index contributed by atoms with van der Waals surface area (Å²) in [6, 6.07) is 11.2. The molecule has 0 aliphatic carbocycles. The van der Waals surface area contributed by atoms with Crippen LogP contribution in [0.1, 0.15) is 44.6 Å². The molecule has 0 spiro atoms. The second-order valence-corrected chi connectivity index (χ2v) is 5.54. The van der Waals surface area contributed by atoms with Crippen LogP contribution in [0.5, 0.6) is 0 Å². The number of hydrogen-bond acceptors (Lipinski definition) is 2. The highest BCUT2D eigenvalue weighted by Crippen LogP contribution is 2.22. The van der Waals surface area contributed by atoms with Crippen molar-refractivity contribution in [2.75, 3.05) is 6.54 Å². The van der Waals surface area contributed by atoms with Gasteiger partial charge in [0.1, 0.15) is 0 Å². The molecule has 2 atom stereocenters. The highest BCUT2D eigenvalue weighted by Gasteiger charge is 2.22. The molecule has 2 heteroatoms. The molecule has 0 saturated carbocycles. The van der Waals surface area contributed by atoms with E-state index < -0.39 is 0 Å². The second-order valence-electron chi connectivity index (χ2n) is 5.54. The third-order valence-electron chi connectivity index (χ3n) is 3.84. The lowest BCUT2D eigenvalue weighted by Crippen LogP contribution is -2.36. The minimum Gasteiger partial charge on any atom is -0.393 e. The maximum absolute atomic E-state index is 9.65. The predicted octanol–water partition coefficient (Wildman–Crippen LogP) is 3.20. The lowest BCUT2D eigenvalue weighted by Gasteiger charge is -2.31. The molecule has 2 nitrogen and oxygen atoms in total. The Hall–Kier alpha value is -0.860. The summed E-state index contributed by atoms with van der Waals surface area (Å²) in [5.41, 5.74) is 1.38. The SMILES string of the molecule is CC(O)CC1CCCCCN1Cc1ccccc1. The molecule has 2 rings (SSSR count). The molecule has 2 unspecified atom stereocenters. The van der Waals surface area contributed by atoms with Crippen molar-refractivity contribution in [3.8, 4) is 0 Å². The zero-order chi connectivity index (χ0) is 12.8. The van der Waals surface area contributed by atoms with Gasteiger partial charge in [-0.15, -0.1) is 0 Å². The molecule has 18 heavy (non-hydrogen) atoms. The van der Waals surface area contributed by atoms with Crippen LogP contribution in [-0.2, 0) is 6.54 Å². The molecular formula is C16H25NO. The van der Waals surface area contributed by atoms with E-state index in [0.717, 1.165) is 13.0 Å². The summed E-state index contributed by atoms with van der Waals surface area (Å²) in [4.78, 5) is 2.56. The van der Waals surface area contributed by atoms with Gasteiger partial charge in [-0.1, -0.05) is 43.2 Å². The fourth-order valence-corrected chi connectivity index (χ4v) is 2.92. The highest BCUT2D eigenvalue weighted by atomic mass is 16.3. The Labute approximate surface area is 111 Å². The largest absolute Gasteiger partial charge is 0.393 e. The van der Waals surface area contributed by atoms with Crippen LogP contribution < -0.4 is 0 Å². The van der Waals surface area contributed by atoms with E-state index in [-0.39, 0.29) is 6.10 Å². The van der Waals surface area contributed by atoms with Gasteiger partial charge in [-0.3, -0.25) is 4.90 Å². The van der Waals surface area contributed by atoms with E-state index in [0.29, 0.717) is 6.04 Å². The first-order valence-electron chi connectivity index (χ1n) is 7.22. The fraction of sp³-hybridized carbons (Fsp3) is 0.625. The van der Waals surface area contributed by atoms with E-state index >= 15 is 0 Å². The summed E-state index contributed by atoms with van der Waals surface area (Å²) >= 11 is 0. The van der Waals surface area contributed by atoms with Crippen molar-refractivity contribution < 1.29 is 5.11 Å². The van der Waals surface area contributed by atoms with E-state index in [2.05, 4.69) is 35.2 Å². The van der Waals surface area contributed by atoms with Gasteiger partial charge in [0.15, 0.2) is 0 Å². The molecule has 0 bridgehead atoms. The van der Waals surface area contributed by atoms with E-state index in [4.69, 9.17) is 0 Å². The molecule has 100 valence electrons. The van der Waals surface area contributed by atoms with Crippen molar-refractivity contribution in [3.63, 3.8) is 0 Å². The van der Waals surface area contributed by atoms with E-state index in [1.165, 1.54) is 37.8 Å². The van der Waals surface area contributed by atoms with Crippen molar-refractivity contribution in [2.45, 2.75) is 57.7 Å². The second kappa shape index (κ2) is 6.91. The normalized spacial score (nSPS) is 23.6.